The summed E-state index contributed by atoms with van der Waals surface area (Å²) in [4.78, 5) is 19.3. The molecule has 1 aliphatic rings. The Kier molecular flexibility index (Phi) is 6.05. The van der Waals surface area contributed by atoms with Crippen LogP contribution < -0.4 is 0 Å². The predicted molar refractivity (Wildman–Crippen MR) is 98.5 cm³/mol. The van der Waals surface area contributed by atoms with Crippen molar-refractivity contribution >= 4 is 17.5 Å². The molecule has 2 aromatic rings. The largest absolute Gasteiger partial charge is 0.396 e. The molecule has 0 spiro atoms. The van der Waals surface area contributed by atoms with Crippen LogP contribution in [0, 0.1) is 5.92 Å². The third kappa shape index (κ3) is 4.59. The van der Waals surface area contributed by atoms with Gasteiger partial charge in [0.25, 0.3) is 0 Å². The number of nitrogens with zero attached hydrogens (tertiary/aromatic N) is 2. The number of likely N-dealkylation sites (tertiary alicyclic amines) is 1. The molecule has 1 amide bonds. The molecule has 2 atom stereocenters. The smallest absolute Gasteiger partial charge is 0.230 e. The summed E-state index contributed by atoms with van der Waals surface area (Å²) in [6.45, 7) is 1.52. The Bertz CT molecular complexity index is 691. The molecule has 1 aromatic carbocycles. The van der Waals surface area contributed by atoms with E-state index in [0.717, 1.165) is 30.5 Å². The molecule has 3 rings (SSSR count). The number of carbonyl (C=O) groups is 1. The lowest BCUT2D eigenvalue weighted by Crippen LogP contribution is -2.43. The predicted octanol–water partition coefficient (Wildman–Crippen LogP) is 3.29. The van der Waals surface area contributed by atoms with E-state index in [1.165, 1.54) is 0 Å². The van der Waals surface area contributed by atoms with Crippen molar-refractivity contribution in [1.29, 1.82) is 0 Å². The highest BCUT2D eigenvalue weighted by atomic mass is 35.5. The lowest BCUT2D eigenvalue weighted by atomic mass is 9.89. The lowest BCUT2D eigenvalue weighted by molar-refractivity contribution is -0.135. The maximum Gasteiger partial charge on any atom is 0.230 e. The van der Waals surface area contributed by atoms with Gasteiger partial charge in [-0.25, -0.2) is 0 Å². The zero-order chi connectivity index (χ0) is 17.6. The van der Waals surface area contributed by atoms with Gasteiger partial charge in [-0.1, -0.05) is 29.8 Å². The number of carbonyl (C=O) groups excluding carboxylic acids is 1. The average Bonchev–Trinajstić information content (AvgIpc) is 2.67. The van der Waals surface area contributed by atoms with Crippen LogP contribution in [0.1, 0.15) is 29.9 Å². The molecule has 1 saturated heterocycles. The van der Waals surface area contributed by atoms with E-state index in [4.69, 9.17) is 11.6 Å². The Labute approximate surface area is 153 Å². The lowest BCUT2D eigenvalue weighted by Gasteiger charge is -2.34. The Hall–Kier alpha value is -1.91. The van der Waals surface area contributed by atoms with E-state index in [-0.39, 0.29) is 24.3 Å². The van der Waals surface area contributed by atoms with Gasteiger partial charge in [-0.3, -0.25) is 9.78 Å². The standard InChI is InChI=1S/C20H23ClN2O2/c21-18-7-5-17(6-8-18)19(11-15-3-1-9-22-12-15)20(25)23-10-2-4-16(13-23)14-24/h1,3,5-9,12,16,19,24H,2,4,10-11,13-14H2. The van der Waals surface area contributed by atoms with Gasteiger partial charge in [0, 0.05) is 37.1 Å². The molecule has 1 aromatic heterocycles. The SMILES string of the molecule is O=C(C(Cc1cccnc1)c1ccc(Cl)cc1)N1CCCC(CO)C1. The van der Waals surface area contributed by atoms with Crippen LogP contribution in [-0.2, 0) is 11.2 Å². The Balaban J connectivity index is 1.84. The number of aliphatic hydroxyl groups excluding tert-OH is 1. The summed E-state index contributed by atoms with van der Waals surface area (Å²) < 4.78 is 0. The van der Waals surface area contributed by atoms with Crippen molar-refractivity contribution in [3.05, 3.63) is 64.9 Å². The molecule has 5 heteroatoms. The summed E-state index contributed by atoms with van der Waals surface area (Å²) in [5.74, 6) is 0.0326. The zero-order valence-electron chi connectivity index (χ0n) is 14.1. The summed E-state index contributed by atoms with van der Waals surface area (Å²) in [6.07, 6.45) is 6.07. The van der Waals surface area contributed by atoms with Crippen LogP contribution >= 0.6 is 11.6 Å². The molecular weight excluding hydrogens is 336 g/mol. The van der Waals surface area contributed by atoms with Crippen LogP contribution in [0.5, 0.6) is 0 Å². The molecule has 1 N–H and O–H groups in total. The topological polar surface area (TPSA) is 53.4 Å². The third-order valence-electron chi connectivity index (χ3n) is 4.82. The fourth-order valence-corrected chi connectivity index (χ4v) is 3.56. The van der Waals surface area contributed by atoms with E-state index in [1.807, 2.05) is 47.5 Å². The molecule has 25 heavy (non-hydrogen) atoms. The number of hydrogen-bond donors (Lipinski definition) is 1. The number of amides is 1. The highest BCUT2D eigenvalue weighted by molar-refractivity contribution is 6.30. The first kappa shape index (κ1) is 17.9. The monoisotopic (exact) mass is 358 g/mol. The molecule has 2 unspecified atom stereocenters. The molecule has 1 fully saturated rings. The first-order valence-corrected chi connectivity index (χ1v) is 9.09. The fraction of sp³-hybridized carbons (Fsp3) is 0.400. The van der Waals surface area contributed by atoms with Crippen LogP contribution in [0.25, 0.3) is 0 Å². The quantitative estimate of drug-likeness (QED) is 0.892. The number of halogens is 1. The van der Waals surface area contributed by atoms with Gasteiger partial charge in [0.05, 0.1) is 5.92 Å². The summed E-state index contributed by atoms with van der Waals surface area (Å²) in [7, 11) is 0. The molecule has 0 saturated carbocycles. The van der Waals surface area contributed by atoms with Crippen molar-refractivity contribution in [3.63, 3.8) is 0 Å². The van der Waals surface area contributed by atoms with Crippen molar-refractivity contribution < 1.29 is 9.90 Å². The summed E-state index contributed by atoms with van der Waals surface area (Å²) in [5, 5.41) is 10.1. The molecular formula is C20H23ClN2O2. The first-order chi connectivity index (χ1) is 12.2. The second kappa shape index (κ2) is 8.45. The maximum atomic E-state index is 13.2. The molecule has 0 aliphatic carbocycles. The van der Waals surface area contributed by atoms with E-state index >= 15 is 0 Å². The molecule has 1 aliphatic heterocycles. The summed E-state index contributed by atoms with van der Waals surface area (Å²) in [5.41, 5.74) is 2.00. The number of hydrogen-bond acceptors (Lipinski definition) is 3. The normalized spacial score (nSPS) is 18.8. The van der Waals surface area contributed by atoms with E-state index < -0.39 is 0 Å². The van der Waals surface area contributed by atoms with Crippen LogP contribution in [0.4, 0.5) is 0 Å². The van der Waals surface area contributed by atoms with Crippen molar-refractivity contribution in [2.24, 2.45) is 5.92 Å². The van der Waals surface area contributed by atoms with Crippen molar-refractivity contribution in [1.82, 2.24) is 9.88 Å². The highest BCUT2D eigenvalue weighted by Gasteiger charge is 2.30. The fourth-order valence-electron chi connectivity index (χ4n) is 3.43. The van der Waals surface area contributed by atoms with Crippen molar-refractivity contribution in [2.75, 3.05) is 19.7 Å². The van der Waals surface area contributed by atoms with Gasteiger partial charge in [0.1, 0.15) is 0 Å². The number of pyridine rings is 1. The van der Waals surface area contributed by atoms with Gasteiger partial charge in [-0.2, -0.15) is 0 Å². The minimum atomic E-state index is -0.265. The third-order valence-corrected chi connectivity index (χ3v) is 5.07. The van der Waals surface area contributed by atoms with Gasteiger partial charge < -0.3 is 10.0 Å². The van der Waals surface area contributed by atoms with E-state index in [2.05, 4.69) is 4.98 Å². The molecule has 0 bridgehead atoms. The molecule has 2 heterocycles. The van der Waals surface area contributed by atoms with Crippen LogP contribution in [0.15, 0.2) is 48.8 Å². The molecule has 4 nitrogen and oxygen atoms in total. The van der Waals surface area contributed by atoms with Crippen LogP contribution in [0.3, 0.4) is 0 Å². The number of piperidine rings is 1. The van der Waals surface area contributed by atoms with Crippen LogP contribution in [0.2, 0.25) is 5.02 Å². The van der Waals surface area contributed by atoms with Crippen LogP contribution in [-0.4, -0.2) is 40.6 Å². The number of aliphatic hydroxyl groups is 1. The summed E-state index contributed by atoms with van der Waals surface area (Å²) in [6, 6.07) is 11.4. The van der Waals surface area contributed by atoms with Gasteiger partial charge in [-0.05, 0) is 54.5 Å². The summed E-state index contributed by atoms with van der Waals surface area (Å²) >= 11 is 6.01. The minimum Gasteiger partial charge on any atom is -0.396 e. The van der Waals surface area contributed by atoms with Crippen molar-refractivity contribution in [2.45, 2.75) is 25.2 Å². The van der Waals surface area contributed by atoms with Gasteiger partial charge in [0.15, 0.2) is 0 Å². The highest BCUT2D eigenvalue weighted by Crippen LogP contribution is 2.27. The van der Waals surface area contributed by atoms with Crippen molar-refractivity contribution in [3.8, 4) is 0 Å². The maximum absolute atomic E-state index is 13.2. The number of rotatable bonds is 5. The van der Waals surface area contributed by atoms with E-state index in [1.54, 1.807) is 6.20 Å². The molecule has 0 radical (unpaired) electrons. The number of benzene rings is 1. The second-order valence-electron chi connectivity index (χ2n) is 6.64. The van der Waals surface area contributed by atoms with E-state index in [9.17, 15) is 9.90 Å². The van der Waals surface area contributed by atoms with Gasteiger partial charge >= 0.3 is 0 Å². The second-order valence-corrected chi connectivity index (χ2v) is 7.08. The number of aromatic nitrogens is 1. The Morgan fingerprint density at radius 3 is 2.80 bits per heavy atom. The average molecular weight is 359 g/mol. The van der Waals surface area contributed by atoms with Gasteiger partial charge in [-0.15, -0.1) is 0 Å². The van der Waals surface area contributed by atoms with Gasteiger partial charge in [0.2, 0.25) is 5.91 Å². The Morgan fingerprint density at radius 1 is 1.32 bits per heavy atom. The minimum absolute atomic E-state index is 0.115. The first-order valence-electron chi connectivity index (χ1n) is 8.71. The molecule has 132 valence electrons. The van der Waals surface area contributed by atoms with E-state index in [0.29, 0.717) is 18.0 Å². The zero-order valence-corrected chi connectivity index (χ0v) is 14.9. The Morgan fingerprint density at radius 2 is 2.12 bits per heavy atom.